The van der Waals surface area contributed by atoms with Gasteiger partial charge in [0, 0.05) is 18.2 Å². The predicted molar refractivity (Wildman–Crippen MR) is 100 cm³/mol. The Kier molecular flexibility index (Phi) is 4.36. The summed E-state index contributed by atoms with van der Waals surface area (Å²) in [5.41, 5.74) is 1.72. The molecular formula is C18H21N5O2S. The Labute approximate surface area is 155 Å². The molecule has 0 radical (unpaired) electrons. The van der Waals surface area contributed by atoms with Crippen LogP contribution in [0.25, 0.3) is 10.2 Å². The van der Waals surface area contributed by atoms with E-state index in [9.17, 15) is 4.79 Å². The van der Waals surface area contributed by atoms with Crippen molar-refractivity contribution in [3.8, 4) is 0 Å². The second kappa shape index (κ2) is 6.68. The minimum atomic E-state index is -0.163. The normalized spacial score (nSPS) is 17.4. The third kappa shape index (κ3) is 3.16. The molecule has 1 aliphatic rings. The fourth-order valence-corrected chi connectivity index (χ4v) is 4.06. The molecule has 0 unspecified atom stereocenters. The van der Waals surface area contributed by atoms with Gasteiger partial charge in [0.25, 0.3) is 0 Å². The number of carbonyl (C=O) groups is 1. The number of likely N-dealkylation sites (tertiary alicyclic amines) is 1. The van der Waals surface area contributed by atoms with Crippen molar-refractivity contribution >= 4 is 33.3 Å². The highest BCUT2D eigenvalue weighted by Gasteiger charge is 2.34. The van der Waals surface area contributed by atoms with E-state index < -0.39 is 0 Å². The van der Waals surface area contributed by atoms with Crippen LogP contribution in [-0.2, 0) is 0 Å². The van der Waals surface area contributed by atoms with Crippen molar-refractivity contribution in [2.75, 3.05) is 11.9 Å². The Morgan fingerprint density at radius 2 is 2.23 bits per heavy atom. The summed E-state index contributed by atoms with van der Waals surface area (Å²) in [4.78, 5) is 23.5. The summed E-state index contributed by atoms with van der Waals surface area (Å²) in [6.45, 7) is 6.70. The Morgan fingerprint density at radius 3 is 3.00 bits per heavy atom. The van der Waals surface area contributed by atoms with Gasteiger partial charge in [-0.25, -0.2) is 9.78 Å². The molecule has 1 fully saturated rings. The number of aryl methyl sites for hydroxylation is 1. The van der Waals surface area contributed by atoms with E-state index in [4.69, 9.17) is 4.52 Å². The summed E-state index contributed by atoms with van der Waals surface area (Å²) >= 11 is 1.62. The van der Waals surface area contributed by atoms with Crippen LogP contribution in [0.1, 0.15) is 55.4 Å². The van der Waals surface area contributed by atoms with E-state index in [-0.39, 0.29) is 18.0 Å². The van der Waals surface area contributed by atoms with E-state index in [1.165, 1.54) is 0 Å². The summed E-state index contributed by atoms with van der Waals surface area (Å²) in [5.74, 6) is 1.40. The number of hydrogen-bond acceptors (Lipinski definition) is 6. The number of fused-ring (bicyclic) bond motifs is 1. The monoisotopic (exact) mass is 371 g/mol. The average molecular weight is 371 g/mol. The minimum Gasteiger partial charge on any atom is -0.337 e. The van der Waals surface area contributed by atoms with Gasteiger partial charge < -0.3 is 14.7 Å². The first kappa shape index (κ1) is 17.0. The number of rotatable bonds is 3. The van der Waals surface area contributed by atoms with Crippen molar-refractivity contribution in [3.05, 3.63) is 34.9 Å². The van der Waals surface area contributed by atoms with Gasteiger partial charge >= 0.3 is 6.03 Å². The largest absolute Gasteiger partial charge is 0.337 e. The maximum Gasteiger partial charge on any atom is 0.322 e. The van der Waals surface area contributed by atoms with E-state index in [1.54, 1.807) is 16.2 Å². The van der Waals surface area contributed by atoms with E-state index in [2.05, 4.69) is 20.4 Å². The highest BCUT2D eigenvalue weighted by atomic mass is 32.1. The van der Waals surface area contributed by atoms with Crippen molar-refractivity contribution in [1.29, 1.82) is 0 Å². The molecular weight excluding hydrogens is 350 g/mol. The molecule has 26 heavy (non-hydrogen) atoms. The van der Waals surface area contributed by atoms with Crippen molar-refractivity contribution in [2.45, 2.75) is 45.6 Å². The second-order valence-corrected chi connectivity index (χ2v) is 8.08. The molecule has 3 aromatic rings. The Hall–Kier alpha value is -2.48. The molecule has 8 heteroatoms. The number of anilines is 1. The molecule has 7 nitrogen and oxygen atoms in total. The quantitative estimate of drug-likeness (QED) is 0.734. The van der Waals surface area contributed by atoms with E-state index >= 15 is 0 Å². The Morgan fingerprint density at radius 1 is 1.38 bits per heavy atom. The number of aromatic nitrogens is 3. The molecule has 1 aromatic carbocycles. The number of nitrogens with one attached hydrogen (secondary N) is 1. The lowest BCUT2D eigenvalue weighted by Gasteiger charge is -2.22. The molecule has 0 spiro atoms. The molecule has 1 atom stereocenters. The van der Waals surface area contributed by atoms with E-state index in [0.29, 0.717) is 18.3 Å². The van der Waals surface area contributed by atoms with Gasteiger partial charge in [0.2, 0.25) is 5.89 Å². The lowest BCUT2D eigenvalue weighted by atomic mass is 10.2. The van der Waals surface area contributed by atoms with Gasteiger partial charge in [0.1, 0.15) is 6.04 Å². The molecule has 2 amide bonds. The standard InChI is InChI=1S/C18H21N5O2S/c1-10(2)16-21-17(25-22-16)14-5-4-8-23(14)18(24)20-12-6-7-13-15(9-12)26-11(3)19-13/h6-7,9-10,14H,4-5,8H2,1-3H3,(H,20,24)/t14-/m0/s1. The molecule has 0 bridgehead atoms. The van der Waals surface area contributed by atoms with Gasteiger partial charge in [-0.15, -0.1) is 11.3 Å². The fraction of sp³-hybridized carbons (Fsp3) is 0.444. The van der Waals surface area contributed by atoms with Crippen molar-refractivity contribution in [3.63, 3.8) is 0 Å². The molecule has 4 rings (SSSR count). The molecule has 1 aliphatic heterocycles. The van der Waals surface area contributed by atoms with Gasteiger partial charge in [-0.2, -0.15) is 4.98 Å². The van der Waals surface area contributed by atoms with E-state index in [0.717, 1.165) is 33.8 Å². The van der Waals surface area contributed by atoms with Gasteiger partial charge in [-0.3, -0.25) is 0 Å². The molecule has 3 heterocycles. The van der Waals surface area contributed by atoms with Gasteiger partial charge in [-0.1, -0.05) is 19.0 Å². The van der Waals surface area contributed by atoms with Crippen LogP contribution in [-0.4, -0.2) is 32.6 Å². The number of thiazole rings is 1. The highest BCUT2D eigenvalue weighted by molar-refractivity contribution is 7.18. The van der Waals surface area contributed by atoms with Crippen molar-refractivity contribution < 1.29 is 9.32 Å². The first-order chi connectivity index (χ1) is 12.5. The Balaban J connectivity index is 1.51. The molecule has 0 saturated carbocycles. The molecule has 2 aromatic heterocycles. The Bertz CT molecular complexity index is 948. The van der Waals surface area contributed by atoms with Crippen LogP contribution in [0.2, 0.25) is 0 Å². The van der Waals surface area contributed by atoms with Crippen LogP contribution in [0, 0.1) is 6.92 Å². The average Bonchev–Trinajstić information content (AvgIpc) is 3.32. The first-order valence-electron chi connectivity index (χ1n) is 8.79. The van der Waals surface area contributed by atoms with Crippen LogP contribution in [0.15, 0.2) is 22.7 Å². The third-order valence-electron chi connectivity index (χ3n) is 4.52. The molecule has 1 N–H and O–H groups in total. The molecule has 0 aliphatic carbocycles. The van der Waals surface area contributed by atoms with Crippen molar-refractivity contribution in [2.24, 2.45) is 0 Å². The summed E-state index contributed by atoms with van der Waals surface area (Å²) < 4.78 is 6.48. The maximum atomic E-state index is 12.8. The highest BCUT2D eigenvalue weighted by Crippen LogP contribution is 2.32. The van der Waals surface area contributed by atoms with Crippen LogP contribution >= 0.6 is 11.3 Å². The smallest absolute Gasteiger partial charge is 0.322 e. The second-order valence-electron chi connectivity index (χ2n) is 6.84. The SMILES string of the molecule is Cc1nc2ccc(NC(=O)N3CCC[C@H]3c3nc(C(C)C)no3)cc2s1. The van der Waals surface area contributed by atoms with Gasteiger partial charge in [-0.05, 0) is 38.0 Å². The number of hydrogen-bond donors (Lipinski definition) is 1. The fourth-order valence-electron chi connectivity index (χ4n) is 3.20. The maximum absolute atomic E-state index is 12.8. The number of amides is 2. The summed E-state index contributed by atoms with van der Waals surface area (Å²) in [5, 5.41) is 8.03. The van der Waals surface area contributed by atoms with Crippen LogP contribution in [0.3, 0.4) is 0 Å². The molecule has 1 saturated heterocycles. The third-order valence-corrected chi connectivity index (χ3v) is 5.45. The minimum absolute atomic E-state index is 0.141. The van der Waals surface area contributed by atoms with Crippen LogP contribution in [0.5, 0.6) is 0 Å². The summed E-state index contributed by atoms with van der Waals surface area (Å²) in [6.07, 6.45) is 1.75. The predicted octanol–water partition coefficient (Wildman–Crippen LogP) is 4.48. The number of urea groups is 1. The summed E-state index contributed by atoms with van der Waals surface area (Å²) in [6, 6.07) is 5.48. The van der Waals surface area contributed by atoms with Crippen molar-refractivity contribution in [1.82, 2.24) is 20.0 Å². The molecule has 136 valence electrons. The first-order valence-corrected chi connectivity index (χ1v) is 9.61. The van der Waals surface area contributed by atoms with E-state index in [1.807, 2.05) is 39.0 Å². The number of carbonyl (C=O) groups excluding carboxylic acids is 1. The topological polar surface area (TPSA) is 84.2 Å². The number of benzene rings is 1. The summed E-state index contributed by atoms with van der Waals surface area (Å²) in [7, 11) is 0. The zero-order valence-electron chi connectivity index (χ0n) is 15.0. The van der Waals surface area contributed by atoms with Gasteiger partial charge in [0.05, 0.1) is 15.2 Å². The zero-order chi connectivity index (χ0) is 18.3. The lowest BCUT2D eigenvalue weighted by molar-refractivity contribution is 0.193. The van der Waals surface area contributed by atoms with Crippen LogP contribution < -0.4 is 5.32 Å². The van der Waals surface area contributed by atoms with Gasteiger partial charge in [0.15, 0.2) is 5.82 Å². The van der Waals surface area contributed by atoms with Crippen LogP contribution in [0.4, 0.5) is 10.5 Å². The lowest BCUT2D eigenvalue weighted by Crippen LogP contribution is -2.34. The number of nitrogens with zero attached hydrogens (tertiary/aromatic N) is 4. The zero-order valence-corrected chi connectivity index (χ0v) is 15.8.